The first-order chi connectivity index (χ1) is 25.7. The first kappa shape index (κ1) is 45.0. The van der Waals surface area contributed by atoms with E-state index in [2.05, 4.69) is 32.1 Å². The Morgan fingerprint density at radius 2 is 1.60 bits per heavy atom. The van der Waals surface area contributed by atoms with E-state index in [-0.39, 0.29) is 59.7 Å². The Bertz CT molecular complexity index is 1240. The van der Waals surface area contributed by atoms with E-state index in [1.54, 1.807) is 18.2 Å². The van der Waals surface area contributed by atoms with E-state index in [4.69, 9.17) is 21.1 Å². The quantitative estimate of drug-likeness (QED) is 0.0322. The van der Waals surface area contributed by atoms with Gasteiger partial charge in [0, 0.05) is 29.7 Å². The van der Waals surface area contributed by atoms with Gasteiger partial charge < -0.3 is 24.8 Å². The van der Waals surface area contributed by atoms with Crippen molar-refractivity contribution in [2.45, 2.75) is 179 Å². The molecule has 2 aliphatic carbocycles. The van der Waals surface area contributed by atoms with Crippen LogP contribution in [0.25, 0.3) is 0 Å². The Kier molecular flexibility index (Phi) is 21.8. The van der Waals surface area contributed by atoms with Gasteiger partial charge in [0.15, 0.2) is 0 Å². The Labute approximate surface area is 326 Å². The Hall–Kier alpha value is -2.35. The highest BCUT2D eigenvalue weighted by atomic mass is 35.5. The largest absolute Gasteiger partial charge is 0.493 e. The highest BCUT2D eigenvalue weighted by Gasteiger charge is 2.42. The number of benzene rings is 1. The van der Waals surface area contributed by atoms with Crippen molar-refractivity contribution in [2.75, 3.05) is 13.2 Å². The van der Waals surface area contributed by atoms with Crippen molar-refractivity contribution in [3.05, 3.63) is 53.6 Å². The molecule has 53 heavy (non-hydrogen) atoms. The lowest BCUT2D eigenvalue weighted by Crippen LogP contribution is -2.40. The average Bonchev–Trinajstić information content (AvgIpc) is 3.39. The molecule has 2 saturated carbocycles. The maximum Gasteiger partial charge on any atom is 0.336 e. The number of unbranched alkanes of at least 4 members (excludes halogenated alkanes) is 12. The van der Waals surface area contributed by atoms with Crippen LogP contribution in [0.15, 0.2) is 42.5 Å². The minimum atomic E-state index is -1.02. The molecule has 5 atom stereocenters. The van der Waals surface area contributed by atoms with Crippen molar-refractivity contribution in [1.82, 2.24) is 0 Å². The van der Waals surface area contributed by atoms with Gasteiger partial charge in [-0.25, -0.2) is 4.79 Å². The minimum Gasteiger partial charge on any atom is -0.493 e. The predicted molar refractivity (Wildman–Crippen MR) is 216 cm³/mol. The molecule has 1 aromatic rings. The smallest absolute Gasteiger partial charge is 0.336 e. The standard InChI is InChI=1S/C45H71ClO7/c1-3-5-6-7-8-9-10-11-12-13-16-19-32-52-41-26-20-25-38(44(50)51)37(41)29-33-53-43(49)28-18-15-14-17-23-35-36(40(47)34-39(35)46)24-21-27-42(48)45(4-2)30-22-31-45/h14,17,20-21,24-26,35-36,39-40,42,47-48H,3-13,15-16,18-19,22-23,27-34H2,1-2H3,(H,50,51)/t35-,36-,39-,40-,42+/m1/s1. The van der Waals surface area contributed by atoms with Crippen LogP contribution in [0.2, 0.25) is 0 Å². The lowest BCUT2D eigenvalue weighted by atomic mass is 9.63. The summed E-state index contributed by atoms with van der Waals surface area (Å²) in [7, 11) is 0. The number of carboxylic acids is 1. The summed E-state index contributed by atoms with van der Waals surface area (Å²) in [5.74, 6) is -0.676. The van der Waals surface area contributed by atoms with Crippen LogP contribution in [0.5, 0.6) is 5.75 Å². The fourth-order valence-electron chi connectivity index (χ4n) is 8.19. The number of ether oxygens (including phenoxy) is 2. The van der Waals surface area contributed by atoms with Crippen molar-refractivity contribution in [3.63, 3.8) is 0 Å². The number of hydrogen-bond acceptors (Lipinski definition) is 6. The molecule has 0 aromatic heterocycles. The van der Waals surface area contributed by atoms with E-state index in [0.29, 0.717) is 37.2 Å². The topological polar surface area (TPSA) is 113 Å². The molecule has 0 unspecified atom stereocenters. The van der Waals surface area contributed by atoms with Crippen LogP contribution in [0, 0.1) is 17.3 Å². The molecule has 1 aromatic carbocycles. The van der Waals surface area contributed by atoms with E-state index in [1.165, 1.54) is 70.6 Å². The third kappa shape index (κ3) is 15.7. The third-order valence-corrected chi connectivity index (χ3v) is 12.4. The summed E-state index contributed by atoms with van der Waals surface area (Å²) in [6.45, 7) is 5.05. The molecular formula is C45H71ClO7. The molecule has 3 rings (SSSR count). The monoisotopic (exact) mass is 758 g/mol. The Morgan fingerprint density at radius 3 is 2.23 bits per heavy atom. The van der Waals surface area contributed by atoms with E-state index in [0.717, 1.165) is 44.9 Å². The molecule has 0 spiro atoms. The zero-order chi connectivity index (χ0) is 38.3. The van der Waals surface area contributed by atoms with Gasteiger partial charge >= 0.3 is 11.9 Å². The second-order valence-corrected chi connectivity index (χ2v) is 16.3. The fraction of sp³-hybridized carbons (Fsp3) is 0.733. The minimum absolute atomic E-state index is 0.0326. The van der Waals surface area contributed by atoms with Gasteiger partial charge in [-0.2, -0.15) is 0 Å². The van der Waals surface area contributed by atoms with Crippen LogP contribution in [-0.2, 0) is 16.0 Å². The van der Waals surface area contributed by atoms with Gasteiger partial charge in [0.1, 0.15) is 5.75 Å². The van der Waals surface area contributed by atoms with E-state index >= 15 is 0 Å². The molecule has 0 aliphatic heterocycles. The van der Waals surface area contributed by atoms with E-state index in [9.17, 15) is 24.9 Å². The van der Waals surface area contributed by atoms with Crippen molar-refractivity contribution in [2.24, 2.45) is 17.3 Å². The number of esters is 1. The van der Waals surface area contributed by atoms with Crippen LogP contribution in [-0.4, -0.2) is 58.1 Å². The SMILES string of the molecule is CCCCCCCCCCCCCCOc1cccc(C(=O)O)c1CCOC(=O)CCCC=CC[C@@H]1[C@@H](C=CC[C@H](O)C2(CC)CCC2)[C@H](O)C[C@H]1Cl. The van der Waals surface area contributed by atoms with E-state index < -0.39 is 12.1 Å². The third-order valence-electron chi connectivity index (χ3n) is 11.9. The van der Waals surface area contributed by atoms with Gasteiger partial charge in [-0.05, 0) is 81.3 Å². The summed E-state index contributed by atoms with van der Waals surface area (Å²) in [6.07, 6.45) is 30.9. The zero-order valence-electron chi connectivity index (χ0n) is 33.0. The van der Waals surface area contributed by atoms with Crippen molar-refractivity contribution in [1.29, 1.82) is 0 Å². The average molecular weight is 760 g/mol. The fourth-order valence-corrected chi connectivity index (χ4v) is 8.65. The molecular weight excluding hydrogens is 688 g/mol. The number of halogens is 1. The molecule has 0 saturated heterocycles. The Balaban J connectivity index is 1.31. The maximum absolute atomic E-state index is 12.5. The summed E-state index contributed by atoms with van der Waals surface area (Å²) in [6, 6.07) is 5.07. The summed E-state index contributed by atoms with van der Waals surface area (Å²) in [4.78, 5) is 24.4. The molecule has 2 fully saturated rings. The number of carboxylic acid groups (broad SMARTS) is 1. The van der Waals surface area contributed by atoms with E-state index in [1.807, 2.05) is 6.08 Å². The lowest BCUT2D eigenvalue weighted by molar-refractivity contribution is -0.143. The van der Waals surface area contributed by atoms with Gasteiger partial charge in [0.25, 0.3) is 0 Å². The van der Waals surface area contributed by atoms with Crippen LogP contribution in [0.1, 0.15) is 171 Å². The van der Waals surface area contributed by atoms with Gasteiger partial charge in [-0.15, -0.1) is 11.6 Å². The number of carbonyl (C=O) groups excluding carboxylic acids is 1. The number of rotatable bonds is 29. The number of allylic oxidation sites excluding steroid dienone is 2. The normalized spacial score (nSPS) is 21.6. The number of carbonyl (C=O) groups is 2. The molecule has 0 bridgehead atoms. The summed E-state index contributed by atoms with van der Waals surface area (Å²) in [5, 5.41) is 31.1. The second kappa shape index (κ2) is 25.7. The molecule has 8 heteroatoms. The van der Waals surface area contributed by atoms with Gasteiger partial charge in [0.2, 0.25) is 0 Å². The summed E-state index contributed by atoms with van der Waals surface area (Å²) in [5.41, 5.74) is 0.816. The summed E-state index contributed by atoms with van der Waals surface area (Å²) >= 11 is 6.64. The molecule has 3 N–H and O–H groups in total. The van der Waals surface area contributed by atoms with Crippen molar-refractivity contribution >= 4 is 23.5 Å². The van der Waals surface area contributed by atoms with Crippen molar-refractivity contribution < 1.29 is 34.4 Å². The predicted octanol–water partition coefficient (Wildman–Crippen LogP) is 11.2. The maximum atomic E-state index is 12.5. The number of alkyl halides is 1. The van der Waals surface area contributed by atoms with Gasteiger partial charge in [-0.1, -0.05) is 121 Å². The first-order valence-electron chi connectivity index (χ1n) is 21.2. The number of hydrogen-bond donors (Lipinski definition) is 3. The van der Waals surface area contributed by atoms with Crippen LogP contribution >= 0.6 is 11.6 Å². The highest BCUT2D eigenvalue weighted by Crippen LogP contribution is 2.48. The van der Waals surface area contributed by atoms with Crippen LogP contribution < -0.4 is 4.74 Å². The molecule has 0 amide bonds. The Morgan fingerprint density at radius 1 is 0.925 bits per heavy atom. The number of aliphatic hydroxyl groups excluding tert-OH is 2. The second-order valence-electron chi connectivity index (χ2n) is 15.7. The molecule has 7 nitrogen and oxygen atoms in total. The number of aromatic carboxylic acids is 1. The lowest BCUT2D eigenvalue weighted by Gasteiger charge is -2.45. The highest BCUT2D eigenvalue weighted by molar-refractivity contribution is 6.21. The van der Waals surface area contributed by atoms with Gasteiger partial charge in [-0.3, -0.25) is 4.79 Å². The van der Waals surface area contributed by atoms with Crippen LogP contribution in [0.3, 0.4) is 0 Å². The zero-order valence-corrected chi connectivity index (χ0v) is 33.7. The molecule has 300 valence electrons. The molecule has 2 aliphatic rings. The summed E-state index contributed by atoms with van der Waals surface area (Å²) < 4.78 is 11.5. The molecule has 0 heterocycles. The molecule has 0 radical (unpaired) electrons. The van der Waals surface area contributed by atoms with Crippen LogP contribution in [0.4, 0.5) is 0 Å². The van der Waals surface area contributed by atoms with Gasteiger partial charge in [0.05, 0.1) is 31.0 Å². The first-order valence-corrected chi connectivity index (χ1v) is 21.6. The number of aliphatic hydroxyl groups is 2. The van der Waals surface area contributed by atoms with Crippen molar-refractivity contribution in [3.8, 4) is 5.75 Å².